The Hall–Kier alpha value is -1.31. The van der Waals surface area contributed by atoms with Gasteiger partial charge in [-0.25, -0.2) is 8.42 Å². The Morgan fingerprint density at radius 3 is 2.59 bits per heavy atom. The fourth-order valence-electron chi connectivity index (χ4n) is 6.87. The number of hydrogen-bond acceptors (Lipinski definition) is 6. The smallest absolute Gasteiger partial charge is 0.218 e. The van der Waals surface area contributed by atoms with Crippen molar-refractivity contribution in [1.29, 1.82) is 0 Å². The van der Waals surface area contributed by atoms with E-state index in [4.69, 9.17) is 0 Å². The summed E-state index contributed by atoms with van der Waals surface area (Å²) < 4.78 is 37.5. The molecule has 0 N–H and O–H groups in total. The third-order valence-corrected chi connectivity index (χ3v) is 9.04. The van der Waals surface area contributed by atoms with Gasteiger partial charge in [0.2, 0.25) is 10.4 Å². The highest BCUT2D eigenvalue weighted by atomic mass is 32.3. The molecule has 0 aromatic rings. The molecule has 0 saturated heterocycles. The zero-order valence-corrected chi connectivity index (χ0v) is 18.1. The van der Waals surface area contributed by atoms with Gasteiger partial charge in [-0.2, -0.15) is 0 Å². The van der Waals surface area contributed by atoms with Crippen molar-refractivity contribution in [2.45, 2.75) is 78.2 Å². The van der Waals surface area contributed by atoms with Gasteiger partial charge in [0.1, 0.15) is 6.10 Å². The topological polar surface area (TPSA) is 101 Å². The molecule has 7 heteroatoms. The fourth-order valence-corrected chi connectivity index (χ4v) is 7.31. The molecule has 160 valence electrons. The molecule has 2 fully saturated rings. The van der Waals surface area contributed by atoms with Crippen LogP contribution in [-0.4, -0.2) is 30.6 Å². The van der Waals surface area contributed by atoms with E-state index in [-0.39, 0.29) is 17.0 Å². The van der Waals surface area contributed by atoms with Crippen molar-refractivity contribution in [2.24, 2.45) is 22.7 Å². The van der Waals surface area contributed by atoms with Gasteiger partial charge in [-0.3, -0.25) is 13.8 Å². The van der Waals surface area contributed by atoms with Crippen molar-refractivity contribution >= 4 is 22.0 Å². The SMILES string of the molecule is C[C@H](OS(=O)(=O)[O-])C(=O)[C@@]1(C)CCC2C3CCC4=CC(=O)CCC4=C3CC[C@@]21C. The van der Waals surface area contributed by atoms with E-state index < -0.39 is 21.9 Å². The summed E-state index contributed by atoms with van der Waals surface area (Å²) in [7, 11) is -4.92. The number of rotatable bonds is 4. The van der Waals surface area contributed by atoms with Gasteiger partial charge in [-0.1, -0.05) is 19.4 Å². The highest BCUT2D eigenvalue weighted by Crippen LogP contribution is 2.67. The number of ketones is 2. The lowest BCUT2D eigenvalue weighted by molar-refractivity contribution is -0.143. The van der Waals surface area contributed by atoms with Crippen molar-refractivity contribution in [1.82, 2.24) is 0 Å². The van der Waals surface area contributed by atoms with E-state index >= 15 is 0 Å². The van der Waals surface area contributed by atoms with Crippen LogP contribution in [-0.2, 0) is 24.2 Å². The van der Waals surface area contributed by atoms with Crippen LogP contribution >= 0.6 is 0 Å². The first-order valence-electron chi connectivity index (χ1n) is 10.6. The Morgan fingerprint density at radius 2 is 1.90 bits per heavy atom. The van der Waals surface area contributed by atoms with Gasteiger partial charge < -0.3 is 4.55 Å². The van der Waals surface area contributed by atoms with Crippen LogP contribution in [0.3, 0.4) is 0 Å². The second-order valence-electron chi connectivity index (χ2n) is 9.69. The normalized spacial score (nSPS) is 38.1. The molecular formula is C22H29O6S-. The van der Waals surface area contributed by atoms with Crippen LogP contribution in [0.15, 0.2) is 22.8 Å². The standard InChI is InChI=1S/C22H30O6S/c1-13(28-29(25,26)27)20(24)22(3)11-9-19-18-6-4-14-12-15(23)5-7-16(14)17(18)8-10-21(19,22)2/h12-13,18-19H,4-11H2,1-3H3,(H,25,26,27)/p-1/t13-,18?,19?,21-,22+/m0/s1. The molecule has 4 rings (SSSR count). The fraction of sp³-hybridized carbons (Fsp3) is 0.727. The van der Waals surface area contributed by atoms with Crippen molar-refractivity contribution in [3.8, 4) is 0 Å². The first kappa shape index (κ1) is 20.9. The Kier molecular flexibility index (Phi) is 4.95. The van der Waals surface area contributed by atoms with E-state index in [2.05, 4.69) is 11.1 Å². The molecule has 0 aromatic carbocycles. The summed E-state index contributed by atoms with van der Waals surface area (Å²) >= 11 is 0. The van der Waals surface area contributed by atoms with E-state index in [0.29, 0.717) is 24.7 Å². The van der Waals surface area contributed by atoms with Gasteiger partial charge in [0.15, 0.2) is 11.6 Å². The first-order chi connectivity index (χ1) is 13.5. The quantitative estimate of drug-likeness (QED) is 0.507. The van der Waals surface area contributed by atoms with Crippen LogP contribution in [0.4, 0.5) is 0 Å². The molecule has 0 heterocycles. The third kappa shape index (κ3) is 3.26. The predicted octanol–water partition coefficient (Wildman–Crippen LogP) is 3.63. The van der Waals surface area contributed by atoms with Crippen LogP contribution in [0.2, 0.25) is 0 Å². The van der Waals surface area contributed by atoms with Crippen molar-refractivity contribution in [3.63, 3.8) is 0 Å². The molecule has 0 aliphatic heterocycles. The maximum Gasteiger partial charge on any atom is 0.218 e. The summed E-state index contributed by atoms with van der Waals surface area (Å²) in [5, 5.41) is 0. The Morgan fingerprint density at radius 1 is 1.17 bits per heavy atom. The van der Waals surface area contributed by atoms with Crippen LogP contribution in [0, 0.1) is 22.7 Å². The lowest BCUT2D eigenvalue weighted by atomic mass is 9.51. The molecule has 4 aliphatic rings. The van der Waals surface area contributed by atoms with E-state index in [1.807, 2.05) is 13.0 Å². The van der Waals surface area contributed by atoms with E-state index in [9.17, 15) is 22.6 Å². The lowest BCUT2D eigenvalue weighted by Gasteiger charge is -2.52. The zero-order valence-electron chi connectivity index (χ0n) is 17.3. The minimum Gasteiger partial charge on any atom is -0.726 e. The molecule has 5 atom stereocenters. The van der Waals surface area contributed by atoms with Crippen LogP contribution < -0.4 is 0 Å². The molecule has 29 heavy (non-hydrogen) atoms. The number of carbonyl (C=O) groups excluding carboxylic acids is 2. The molecule has 0 spiro atoms. The monoisotopic (exact) mass is 421 g/mol. The maximum absolute atomic E-state index is 13.2. The maximum atomic E-state index is 13.2. The summed E-state index contributed by atoms with van der Waals surface area (Å²) in [4.78, 5) is 25.1. The molecular weight excluding hydrogens is 392 g/mol. The number of carbonyl (C=O) groups is 2. The van der Waals surface area contributed by atoms with Crippen LogP contribution in [0.1, 0.15) is 72.1 Å². The second kappa shape index (κ2) is 6.86. The molecule has 0 aromatic heterocycles. The highest BCUT2D eigenvalue weighted by Gasteiger charge is 2.62. The molecule has 2 saturated carbocycles. The Balaban J connectivity index is 1.65. The lowest BCUT2D eigenvalue weighted by Crippen LogP contribution is -2.50. The summed E-state index contributed by atoms with van der Waals surface area (Å²) in [5.74, 6) is 0.716. The molecule has 4 aliphatic carbocycles. The zero-order chi connectivity index (χ0) is 21.2. The van der Waals surface area contributed by atoms with E-state index in [1.54, 1.807) is 0 Å². The van der Waals surface area contributed by atoms with Crippen LogP contribution in [0.5, 0.6) is 0 Å². The predicted molar refractivity (Wildman–Crippen MR) is 105 cm³/mol. The van der Waals surface area contributed by atoms with Crippen molar-refractivity contribution < 1.29 is 26.7 Å². The summed E-state index contributed by atoms with van der Waals surface area (Å²) in [6.45, 7) is 5.46. The van der Waals surface area contributed by atoms with Crippen molar-refractivity contribution in [2.75, 3.05) is 0 Å². The van der Waals surface area contributed by atoms with Gasteiger partial charge in [-0.15, -0.1) is 0 Å². The first-order valence-corrected chi connectivity index (χ1v) is 11.9. The number of hydrogen-bond donors (Lipinski definition) is 0. The van der Waals surface area contributed by atoms with Gasteiger partial charge in [0, 0.05) is 11.8 Å². The average molecular weight is 422 g/mol. The van der Waals surface area contributed by atoms with Gasteiger partial charge in [0.05, 0.1) is 0 Å². The second-order valence-corrected chi connectivity index (χ2v) is 10.7. The number of allylic oxidation sites excluding steroid dienone is 4. The molecule has 6 nitrogen and oxygen atoms in total. The average Bonchev–Trinajstić information content (AvgIpc) is 2.91. The molecule has 0 bridgehead atoms. The Labute approximate surface area is 172 Å². The van der Waals surface area contributed by atoms with E-state index in [0.717, 1.165) is 38.5 Å². The molecule has 0 radical (unpaired) electrons. The Bertz CT molecular complexity index is 929. The largest absolute Gasteiger partial charge is 0.726 e. The number of fused-ring (bicyclic) bond motifs is 4. The summed E-state index contributed by atoms with van der Waals surface area (Å²) in [6.07, 6.45) is 7.28. The molecule has 2 unspecified atom stereocenters. The van der Waals surface area contributed by atoms with Gasteiger partial charge >= 0.3 is 0 Å². The van der Waals surface area contributed by atoms with Crippen LogP contribution in [0.25, 0.3) is 0 Å². The highest BCUT2D eigenvalue weighted by molar-refractivity contribution is 7.80. The minimum absolute atomic E-state index is 0.227. The summed E-state index contributed by atoms with van der Waals surface area (Å²) in [5.41, 5.74) is 3.12. The van der Waals surface area contributed by atoms with Gasteiger partial charge in [0.25, 0.3) is 0 Å². The molecule has 0 amide bonds. The van der Waals surface area contributed by atoms with Crippen molar-refractivity contribution in [3.05, 3.63) is 22.8 Å². The minimum atomic E-state index is -4.92. The summed E-state index contributed by atoms with van der Waals surface area (Å²) in [6, 6.07) is 0. The third-order valence-electron chi connectivity index (χ3n) is 8.51. The number of Topliss-reactive ketones (excluding diaryl/α,β-unsaturated/α-hetero) is 1. The van der Waals surface area contributed by atoms with E-state index in [1.165, 1.54) is 23.6 Å². The van der Waals surface area contributed by atoms with Gasteiger partial charge in [-0.05, 0) is 86.3 Å².